The highest BCUT2D eigenvalue weighted by molar-refractivity contribution is 6.39. The van der Waals surface area contributed by atoms with E-state index in [0.29, 0.717) is 11.1 Å². The van der Waals surface area contributed by atoms with Crippen molar-refractivity contribution < 1.29 is 9.59 Å². The predicted octanol–water partition coefficient (Wildman–Crippen LogP) is 1.37. The molecule has 28 heavy (non-hydrogen) atoms. The number of benzene rings is 1. The van der Waals surface area contributed by atoms with Crippen molar-refractivity contribution in [1.82, 2.24) is 0 Å². The van der Waals surface area contributed by atoms with Gasteiger partial charge in [-0.25, -0.2) is 0 Å². The number of hydrogen-bond acceptors (Lipinski definition) is 4. The molecule has 1 aromatic carbocycles. The topological polar surface area (TPSA) is 102 Å². The minimum absolute atomic E-state index is 0.140. The number of rotatable bonds is 2. The van der Waals surface area contributed by atoms with Gasteiger partial charge in [-0.05, 0) is 68.7 Å². The molecule has 5 rings (SSSR count). The average molecular weight is 378 g/mol. The lowest BCUT2D eigenvalue weighted by Crippen LogP contribution is -2.55. The molecule has 0 radical (unpaired) electrons. The summed E-state index contributed by atoms with van der Waals surface area (Å²) < 4.78 is 0. The van der Waals surface area contributed by atoms with E-state index in [-0.39, 0.29) is 11.2 Å². The zero-order chi connectivity index (χ0) is 19.5. The Morgan fingerprint density at radius 2 is 1.86 bits per heavy atom. The summed E-state index contributed by atoms with van der Waals surface area (Å²) in [5, 5.41) is 1.44. The molecule has 2 atom stereocenters. The molecule has 2 heterocycles. The molecule has 1 spiro atoms. The molecular formula is C22H26N4O2. The first kappa shape index (κ1) is 17.5. The molecule has 6 nitrogen and oxygen atoms in total. The summed E-state index contributed by atoms with van der Waals surface area (Å²) in [7, 11) is 0. The number of nitrogens with two attached hydrogens (primary N) is 2. The van der Waals surface area contributed by atoms with Crippen molar-refractivity contribution in [3.63, 3.8) is 0 Å². The first-order valence-electron chi connectivity index (χ1n) is 10.4. The van der Waals surface area contributed by atoms with Gasteiger partial charge in [0.25, 0.3) is 11.8 Å². The fourth-order valence-electron chi connectivity index (χ4n) is 5.86. The molecule has 2 unspecified atom stereocenters. The number of fused-ring (bicyclic) bond motifs is 3. The zero-order valence-electron chi connectivity index (χ0n) is 16.0. The summed E-state index contributed by atoms with van der Waals surface area (Å²) in [6.45, 7) is 0. The third kappa shape index (κ3) is 2.36. The Morgan fingerprint density at radius 3 is 2.64 bits per heavy atom. The Morgan fingerprint density at radius 1 is 1.07 bits per heavy atom. The minimum atomic E-state index is -0.788. The molecule has 2 aliphatic carbocycles. The first-order valence-corrected chi connectivity index (χ1v) is 10.4. The SMILES string of the molecule is NC(=O)C(C(N)=O)=c1ccc2c(c1)N1C3=C(CCCC3)CC3CCCCC31N=2. The summed E-state index contributed by atoms with van der Waals surface area (Å²) in [5.41, 5.74) is 14.5. The van der Waals surface area contributed by atoms with Gasteiger partial charge in [-0.1, -0.05) is 18.1 Å². The van der Waals surface area contributed by atoms with E-state index in [1.807, 2.05) is 12.1 Å². The molecule has 1 aromatic rings. The maximum Gasteiger partial charge on any atom is 0.254 e. The molecule has 1 saturated carbocycles. The van der Waals surface area contributed by atoms with Crippen LogP contribution in [-0.2, 0) is 9.59 Å². The number of nitrogens with zero attached hydrogens (tertiary/aromatic N) is 2. The predicted molar refractivity (Wildman–Crippen MR) is 106 cm³/mol. The Bertz CT molecular complexity index is 1030. The van der Waals surface area contributed by atoms with Gasteiger partial charge in [-0.3, -0.25) is 14.6 Å². The van der Waals surface area contributed by atoms with Crippen LogP contribution in [0.4, 0.5) is 5.69 Å². The zero-order valence-corrected chi connectivity index (χ0v) is 16.0. The molecule has 146 valence electrons. The highest BCUT2D eigenvalue weighted by atomic mass is 16.2. The van der Waals surface area contributed by atoms with Crippen LogP contribution in [0.15, 0.2) is 34.5 Å². The molecule has 0 saturated heterocycles. The van der Waals surface area contributed by atoms with E-state index >= 15 is 0 Å². The van der Waals surface area contributed by atoms with Crippen LogP contribution in [0, 0.1) is 5.92 Å². The van der Waals surface area contributed by atoms with Gasteiger partial charge in [0.1, 0.15) is 11.2 Å². The molecular weight excluding hydrogens is 352 g/mol. The van der Waals surface area contributed by atoms with Crippen LogP contribution in [-0.4, -0.2) is 17.5 Å². The number of amides is 2. The lowest BCUT2D eigenvalue weighted by molar-refractivity contribution is -0.117. The van der Waals surface area contributed by atoms with Crippen LogP contribution >= 0.6 is 0 Å². The second-order valence-electron chi connectivity index (χ2n) is 8.54. The van der Waals surface area contributed by atoms with Crippen LogP contribution in [0.5, 0.6) is 0 Å². The lowest BCUT2D eigenvalue weighted by Gasteiger charge is -2.52. The van der Waals surface area contributed by atoms with Crippen molar-refractivity contribution in [1.29, 1.82) is 0 Å². The second-order valence-corrected chi connectivity index (χ2v) is 8.54. The van der Waals surface area contributed by atoms with E-state index in [2.05, 4.69) is 4.90 Å². The fraction of sp³-hybridized carbons (Fsp3) is 0.500. The summed E-state index contributed by atoms with van der Waals surface area (Å²) in [4.78, 5) is 31.4. The highest BCUT2D eigenvalue weighted by Gasteiger charge is 2.53. The summed E-state index contributed by atoms with van der Waals surface area (Å²) in [6.07, 6.45) is 10.6. The van der Waals surface area contributed by atoms with Gasteiger partial charge < -0.3 is 16.4 Å². The van der Waals surface area contributed by atoms with Crippen LogP contribution in [0.3, 0.4) is 0 Å². The molecule has 4 aliphatic rings. The third-order valence-electron chi connectivity index (χ3n) is 7.01. The number of anilines is 1. The smallest absolute Gasteiger partial charge is 0.254 e. The van der Waals surface area contributed by atoms with Crippen LogP contribution in [0.1, 0.15) is 57.8 Å². The maximum atomic E-state index is 11.8. The Kier molecular flexibility index (Phi) is 3.86. The molecule has 0 bridgehead atoms. The van der Waals surface area contributed by atoms with E-state index in [4.69, 9.17) is 16.5 Å². The molecule has 4 N–H and O–H groups in total. The lowest BCUT2D eigenvalue weighted by atomic mass is 9.70. The third-order valence-corrected chi connectivity index (χ3v) is 7.01. The quantitative estimate of drug-likeness (QED) is 0.760. The van der Waals surface area contributed by atoms with Gasteiger partial charge in [0.15, 0.2) is 0 Å². The van der Waals surface area contributed by atoms with E-state index < -0.39 is 11.8 Å². The second kappa shape index (κ2) is 6.19. The van der Waals surface area contributed by atoms with E-state index in [0.717, 1.165) is 30.3 Å². The van der Waals surface area contributed by atoms with Gasteiger partial charge in [-0.2, -0.15) is 0 Å². The van der Waals surface area contributed by atoms with Crippen molar-refractivity contribution in [2.24, 2.45) is 22.4 Å². The summed E-state index contributed by atoms with van der Waals surface area (Å²) >= 11 is 0. The van der Waals surface area contributed by atoms with Gasteiger partial charge >= 0.3 is 0 Å². The maximum absolute atomic E-state index is 11.8. The average Bonchev–Trinajstić information content (AvgIpc) is 2.99. The van der Waals surface area contributed by atoms with Gasteiger partial charge in [0.2, 0.25) is 0 Å². The van der Waals surface area contributed by atoms with Crippen LogP contribution in [0.25, 0.3) is 5.57 Å². The summed E-state index contributed by atoms with van der Waals surface area (Å²) in [6, 6.07) is 5.56. The standard InChI is InChI=1S/C22H26N4O2/c23-20(27)19(21(24)28)14-8-9-16-18(12-14)26-17-7-2-1-5-13(17)11-15-6-3-4-10-22(15,26)25-16/h8-9,12,15H,1-7,10-11H2,(H2,23,27)(H2,24,28). The number of allylic oxidation sites excluding steroid dienone is 2. The number of hydrogen-bond donors (Lipinski definition) is 2. The van der Waals surface area contributed by atoms with Crippen molar-refractivity contribution >= 4 is 23.1 Å². The molecule has 6 heteroatoms. The van der Waals surface area contributed by atoms with Crippen molar-refractivity contribution in [2.75, 3.05) is 4.90 Å². The largest absolute Gasteiger partial charge is 0.365 e. The first-order chi connectivity index (χ1) is 13.5. The Hall–Kier alpha value is -2.63. The van der Waals surface area contributed by atoms with Gasteiger partial charge in [0, 0.05) is 11.6 Å². The van der Waals surface area contributed by atoms with Crippen molar-refractivity contribution in [3.8, 4) is 0 Å². The van der Waals surface area contributed by atoms with Crippen molar-refractivity contribution in [2.45, 2.75) is 63.5 Å². The highest BCUT2D eigenvalue weighted by Crippen LogP contribution is 2.53. The van der Waals surface area contributed by atoms with Crippen LogP contribution < -0.4 is 26.9 Å². The van der Waals surface area contributed by atoms with Crippen molar-refractivity contribution in [3.05, 3.63) is 40.0 Å². The normalized spacial score (nSPS) is 27.9. The minimum Gasteiger partial charge on any atom is -0.365 e. The Labute approximate surface area is 164 Å². The molecule has 2 aliphatic heterocycles. The van der Waals surface area contributed by atoms with E-state index in [9.17, 15) is 9.59 Å². The van der Waals surface area contributed by atoms with E-state index in [1.165, 1.54) is 44.2 Å². The molecule has 2 amide bonds. The van der Waals surface area contributed by atoms with Gasteiger partial charge in [-0.15, -0.1) is 0 Å². The van der Waals surface area contributed by atoms with Crippen LogP contribution in [0.2, 0.25) is 0 Å². The number of primary amides is 2. The van der Waals surface area contributed by atoms with E-state index in [1.54, 1.807) is 11.6 Å². The Balaban J connectivity index is 1.76. The monoisotopic (exact) mass is 378 g/mol. The number of carbonyl (C=O) groups excluding carboxylic acids is 2. The summed E-state index contributed by atoms with van der Waals surface area (Å²) in [5.74, 6) is -1.04. The molecule has 0 aromatic heterocycles. The molecule has 1 fully saturated rings. The fourth-order valence-corrected chi connectivity index (χ4v) is 5.86. The van der Waals surface area contributed by atoms with Gasteiger partial charge in [0.05, 0.1) is 11.0 Å². The number of carbonyl (C=O) groups is 2.